The smallest absolute Gasteiger partial charge is 0.456 e. The first-order chi connectivity index (χ1) is 26.4. The number of esters is 1. The predicted octanol–water partition coefficient (Wildman–Crippen LogP) is 8.93. The lowest BCUT2D eigenvalue weighted by Crippen LogP contribution is -2.66. The van der Waals surface area contributed by atoms with Crippen molar-refractivity contribution in [2.45, 2.75) is 190 Å². The van der Waals surface area contributed by atoms with E-state index in [0.717, 1.165) is 38.5 Å². The van der Waals surface area contributed by atoms with Gasteiger partial charge in [-0.05, 0) is 12.8 Å². The quantitative estimate of drug-likeness (QED) is 0.0258. The Bertz CT molecular complexity index is 1060. The van der Waals surface area contributed by atoms with Crippen LogP contribution < -0.4 is 10.6 Å². The average Bonchev–Trinajstić information content (AvgIpc) is 3.14. The third-order valence-corrected chi connectivity index (χ3v) is 9.64. The molecule has 0 aromatic rings. The zero-order valence-corrected chi connectivity index (χ0v) is 35.6. The van der Waals surface area contributed by atoms with Crippen LogP contribution in [0.4, 0.5) is 4.79 Å². The van der Waals surface area contributed by atoms with E-state index in [1.165, 1.54) is 83.1 Å². The Balaban J connectivity index is 2.81. The van der Waals surface area contributed by atoms with Crippen LogP contribution >= 0.6 is 34.8 Å². The molecule has 0 aromatic heterocycles. The van der Waals surface area contributed by atoms with Crippen molar-refractivity contribution in [3.8, 4) is 0 Å². The maximum atomic E-state index is 13.2. The van der Waals surface area contributed by atoms with Gasteiger partial charge in [-0.25, -0.2) is 4.79 Å². The summed E-state index contributed by atoms with van der Waals surface area (Å²) < 4.78 is 25.4. The molecule has 0 bridgehead atoms. The molecular weight excluding hydrogens is 775 g/mol. The maximum Gasteiger partial charge on any atom is 0.508 e. The number of hydrogen-bond acceptors (Lipinski definition) is 10. The van der Waals surface area contributed by atoms with E-state index in [9.17, 15) is 24.3 Å². The monoisotopic (exact) mass is 842 g/mol. The van der Waals surface area contributed by atoms with Crippen molar-refractivity contribution in [2.24, 2.45) is 0 Å². The highest BCUT2D eigenvalue weighted by atomic mass is 35.6. The Hall–Kier alpha value is -1.83. The molecule has 1 saturated heterocycles. The van der Waals surface area contributed by atoms with Crippen LogP contribution in [0.5, 0.6) is 0 Å². The Morgan fingerprint density at radius 2 is 1.24 bits per heavy atom. The minimum absolute atomic E-state index is 0.0137. The minimum Gasteiger partial charge on any atom is -0.456 e. The molecule has 0 saturated carbocycles. The number of carbonyl (C=O) groups is 4. The van der Waals surface area contributed by atoms with Crippen LogP contribution in [0.15, 0.2) is 12.7 Å². The van der Waals surface area contributed by atoms with Gasteiger partial charge in [0.2, 0.25) is 15.6 Å². The number of nitrogens with one attached hydrogen (secondary N) is 2. The summed E-state index contributed by atoms with van der Waals surface area (Å²) in [4.78, 5) is 50.9. The number of ether oxygens (including phenoxy) is 5. The molecule has 0 unspecified atom stereocenters. The fourth-order valence-electron chi connectivity index (χ4n) is 6.24. The summed E-state index contributed by atoms with van der Waals surface area (Å²) in [5.74, 6) is -1.49. The topological polar surface area (TPSA) is 159 Å². The summed E-state index contributed by atoms with van der Waals surface area (Å²) in [6, 6.07) is -1.15. The number of carbonyl (C=O) groups excluding carboxylic acids is 4. The van der Waals surface area contributed by atoms with E-state index < -0.39 is 66.3 Å². The number of alkyl halides is 3. The maximum absolute atomic E-state index is 13.2. The average molecular weight is 844 g/mol. The molecule has 320 valence electrons. The van der Waals surface area contributed by atoms with Crippen LogP contribution in [0, 0.1) is 0 Å². The summed E-state index contributed by atoms with van der Waals surface area (Å²) in [5.41, 5.74) is 0. The number of unbranched alkanes of at least 4 members (excludes halogenated alkanes) is 18. The van der Waals surface area contributed by atoms with Crippen molar-refractivity contribution in [1.82, 2.24) is 10.6 Å². The summed E-state index contributed by atoms with van der Waals surface area (Å²) >= 11 is 16.9. The Morgan fingerprint density at radius 3 is 1.73 bits per heavy atom. The molecule has 3 N–H and O–H groups in total. The molecule has 0 aromatic carbocycles. The summed E-state index contributed by atoms with van der Waals surface area (Å²) in [6.07, 6.45) is 17.7. The van der Waals surface area contributed by atoms with E-state index in [0.29, 0.717) is 12.8 Å². The molecule has 55 heavy (non-hydrogen) atoms. The van der Waals surface area contributed by atoms with Crippen molar-refractivity contribution in [3.05, 3.63) is 12.7 Å². The van der Waals surface area contributed by atoms with Crippen LogP contribution in [0.25, 0.3) is 0 Å². The number of amides is 2. The van der Waals surface area contributed by atoms with Crippen LogP contribution in [-0.2, 0) is 38.1 Å². The zero-order chi connectivity index (χ0) is 40.7. The minimum atomic E-state index is -1.87. The molecule has 1 rings (SSSR count). The number of aliphatic hydroxyl groups is 1. The van der Waals surface area contributed by atoms with Gasteiger partial charge in [-0.2, -0.15) is 0 Å². The third-order valence-electron chi connectivity index (χ3n) is 9.31. The molecule has 1 fully saturated rings. The summed E-state index contributed by atoms with van der Waals surface area (Å²) in [5, 5.41) is 16.8. The van der Waals surface area contributed by atoms with Gasteiger partial charge in [-0.1, -0.05) is 170 Å². The van der Waals surface area contributed by atoms with Crippen molar-refractivity contribution >= 4 is 58.7 Å². The summed E-state index contributed by atoms with van der Waals surface area (Å²) in [7, 11) is 0. The van der Waals surface area contributed by atoms with E-state index >= 15 is 0 Å². The molecule has 0 spiro atoms. The Kier molecular flexibility index (Phi) is 29.9. The highest BCUT2D eigenvalue weighted by Gasteiger charge is 2.49. The van der Waals surface area contributed by atoms with Crippen LogP contribution in [0.1, 0.15) is 155 Å². The second kappa shape index (κ2) is 32.2. The van der Waals surface area contributed by atoms with Crippen LogP contribution in [-0.4, -0.2) is 89.8 Å². The first-order valence-electron chi connectivity index (χ1n) is 20.6. The van der Waals surface area contributed by atoms with Gasteiger partial charge in [0, 0.05) is 12.8 Å². The van der Waals surface area contributed by atoms with E-state index in [-0.39, 0.29) is 31.3 Å². The molecule has 2 amide bonds. The van der Waals surface area contributed by atoms with Gasteiger partial charge in [0.25, 0.3) is 0 Å². The zero-order valence-electron chi connectivity index (χ0n) is 33.3. The number of aliphatic hydroxyl groups excluding tert-OH is 1. The van der Waals surface area contributed by atoms with Gasteiger partial charge in [0.1, 0.15) is 38.0 Å². The number of rotatable bonds is 32. The number of hydrogen-bond donors (Lipinski definition) is 3. The van der Waals surface area contributed by atoms with Crippen molar-refractivity contribution in [3.63, 3.8) is 0 Å². The Labute approximate surface area is 344 Å². The molecule has 1 aliphatic heterocycles. The molecule has 12 nitrogen and oxygen atoms in total. The molecule has 1 aliphatic rings. The van der Waals surface area contributed by atoms with E-state index in [1.807, 2.05) is 0 Å². The SMILES string of the molecule is C=CCO[C@H]1O[C@H](COC(=O)OCC(Cl)(Cl)Cl)[C@@H](O)[C@H](OC(=O)CNC(=O)CCCCCCCCCCC)[C@H]1NC(=O)CCCCCCCCCCCCC. The molecule has 0 radical (unpaired) electrons. The second-order valence-corrected chi connectivity index (χ2v) is 16.8. The number of halogens is 3. The molecule has 15 heteroatoms. The molecular formula is C40H69Cl3N2O10. The van der Waals surface area contributed by atoms with Crippen molar-refractivity contribution in [1.29, 1.82) is 0 Å². The first kappa shape index (κ1) is 51.2. The normalized spacial score (nSPS) is 19.7. The van der Waals surface area contributed by atoms with Crippen LogP contribution in [0.3, 0.4) is 0 Å². The van der Waals surface area contributed by atoms with Gasteiger partial charge in [-0.15, -0.1) is 6.58 Å². The lowest BCUT2D eigenvalue weighted by atomic mass is 9.96. The van der Waals surface area contributed by atoms with E-state index in [2.05, 4.69) is 31.1 Å². The van der Waals surface area contributed by atoms with Crippen molar-refractivity contribution < 1.29 is 48.0 Å². The highest BCUT2D eigenvalue weighted by Crippen LogP contribution is 2.28. The lowest BCUT2D eigenvalue weighted by molar-refractivity contribution is -0.271. The van der Waals surface area contributed by atoms with Crippen LogP contribution in [0.2, 0.25) is 0 Å². The lowest BCUT2D eigenvalue weighted by Gasteiger charge is -2.43. The standard InChI is InChI=1S/C40H69Cl3N2O10/c1-4-7-9-11-13-15-16-18-20-22-24-26-33(47)45-35-37(55-34(48)28-44-32(46)25-23-21-19-17-14-12-10-8-5-2)36(49)31(54-38(35)51-27-6-3)29-52-39(50)53-30-40(41,42)43/h6,31,35-38,49H,3-5,7-30H2,1-2H3,(H,44,46)(H,45,47)/t31-,35-,36-,37-,38+/m1/s1. The van der Waals surface area contributed by atoms with E-state index in [4.69, 9.17) is 58.5 Å². The first-order valence-corrected chi connectivity index (χ1v) is 21.7. The third kappa shape index (κ3) is 26.7. The molecule has 5 atom stereocenters. The largest absolute Gasteiger partial charge is 0.508 e. The fourth-order valence-corrected chi connectivity index (χ4v) is 6.41. The predicted molar refractivity (Wildman–Crippen MR) is 216 cm³/mol. The van der Waals surface area contributed by atoms with Gasteiger partial charge in [0.05, 0.1) is 6.61 Å². The molecule has 0 aliphatic carbocycles. The van der Waals surface area contributed by atoms with Gasteiger partial charge in [-0.3, -0.25) is 14.4 Å². The van der Waals surface area contributed by atoms with Gasteiger partial charge < -0.3 is 39.4 Å². The van der Waals surface area contributed by atoms with Gasteiger partial charge >= 0.3 is 12.1 Å². The van der Waals surface area contributed by atoms with E-state index in [1.54, 1.807) is 0 Å². The highest BCUT2D eigenvalue weighted by molar-refractivity contribution is 6.67. The molecule has 1 heterocycles. The Morgan fingerprint density at radius 1 is 0.745 bits per heavy atom. The second-order valence-electron chi connectivity index (χ2n) is 14.3. The fraction of sp³-hybridized carbons (Fsp3) is 0.850. The summed E-state index contributed by atoms with van der Waals surface area (Å²) in [6.45, 7) is 6.44. The van der Waals surface area contributed by atoms with Crippen molar-refractivity contribution in [2.75, 3.05) is 26.4 Å². The van der Waals surface area contributed by atoms with Gasteiger partial charge in [0.15, 0.2) is 12.4 Å².